The Bertz CT molecular complexity index is 1060. The van der Waals surface area contributed by atoms with E-state index in [4.69, 9.17) is 9.47 Å². The molecule has 2 saturated carbocycles. The van der Waals surface area contributed by atoms with Gasteiger partial charge in [-0.2, -0.15) is 0 Å². The first-order valence-corrected chi connectivity index (χ1v) is 12.7. The van der Waals surface area contributed by atoms with Gasteiger partial charge in [0.05, 0.1) is 17.3 Å². The van der Waals surface area contributed by atoms with Gasteiger partial charge in [0.25, 0.3) is 0 Å². The molecular formula is C28H39NO3. The molecule has 4 nitrogen and oxygen atoms in total. The van der Waals surface area contributed by atoms with Crippen LogP contribution in [0.25, 0.3) is 10.9 Å². The number of ether oxygens (including phenoxy) is 2. The van der Waals surface area contributed by atoms with Gasteiger partial charge in [-0.15, -0.1) is 0 Å². The molecule has 2 saturated heterocycles. The topological polar surface area (TPSA) is 54.5 Å². The fraction of sp³-hybridized carbons (Fsp3) is 0.714. The average molecular weight is 438 g/mol. The standard InChI is InChI=1S/C28H39NO3/c1-24(2)23-12-13-26(4)22-11-10-19(16-18-17-29-21-9-7-6-8-20(18)21)27(5,30)25(22,3)14-15-28(26,31-23)32-24/h6-9,17,19,22-23,29-30H,10-16H2,1-5H3/t19-,22+,23-,25-,26-,27+,28-/m0/s1. The molecule has 3 heterocycles. The van der Waals surface area contributed by atoms with Crippen LogP contribution < -0.4 is 0 Å². The highest BCUT2D eigenvalue weighted by Crippen LogP contribution is 2.71. The van der Waals surface area contributed by atoms with Crippen LogP contribution in [0, 0.1) is 22.7 Å². The third-order valence-electron chi connectivity index (χ3n) is 10.7. The molecule has 4 heteroatoms. The normalized spacial score (nSPS) is 47.2. The van der Waals surface area contributed by atoms with Crippen LogP contribution in [0.15, 0.2) is 30.5 Å². The second-order valence-electron chi connectivity index (χ2n) is 12.5. The molecule has 0 amide bonds. The Morgan fingerprint density at radius 2 is 1.75 bits per heavy atom. The zero-order valence-electron chi connectivity index (χ0n) is 20.3. The van der Waals surface area contributed by atoms with E-state index in [-0.39, 0.29) is 28.5 Å². The van der Waals surface area contributed by atoms with Crippen molar-refractivity contribution in [2.45, 2.75) is 103 Å². The fourth-order valence-corrected chi connectivity index (χ4v) is 8.53. The summed E-state index contributed by atoms with van der Waals surface area (Å²) >= 11 is 0. The maximum atomic E-state index is 12.2. The van der Waals surface area contributed by atoms with Crippen LogP contribution in [0.3, 0.4) is 0 Å². The van der Waals surface area contributed by atoms with Gasteiger partial charge in [0.2, 0.25) is 0 Å². The van der Waals surface area contributed by atoms with Crippen LogP contribution in [-0.2, 0) is 15.9 Å². The Labute approximate surface area is 192 Å². The van der Waals surface area contributed by atoms with Crippen molar-refractivity contribution in [1.29, 1.82) is 0 Å². The Kier molecular flexibility index (Phi) is 4.24. The average Bonchev–Trinajstić information content (AvgIpc) is 3.24. The quantitative estimate of drug-likeness (QED) is 0.608. The third-order valence-corrected chi connectivity index (χ3v) is 10.7. The smallest absolute Gasteiger partial charge is 0.175 e. The zero-order valence-corrected chi connectivity index (χ0v) is 20.3. The van der Waals surface area contributed by atoms with Crippen molar-refractivity contribution in [3.8, 4) is 0 Å². The molecule has 2 N–H and O–H groups in total. The molecule has 2 aromatic rings. The van der Waals surface area contributed by atoms with E-state index < -0.39 is 11.4 Å². The number of para-hydroxylation sites is 1. The number of hydrogen-bond acceptors (Lipinski definition) is 3. The van der Waals surface area contributed by atoms with Gasteiger partial charge in [-0.1, -0.05) is 32.0 Å². The summed E-state index contributed by atoms with van der Waals surface area (Å²) in [5, 5.41) is 13.5. The van der Waals surface area contributed by atoms with Crippen LogP contribution in [0.5, 0.6) is 0 Å². The minimum atomic E-state index is -0.732. The number of aliphatic hydroxyl groups is 1. The van der Waals surface area contributed by atoms with Crippen LogP contribution in [-0.4, -0.2) is 33.2 Å². The first-order chi connectivity index (χ1) is 15.0. The van der Waals surface area contributed by atoms with Gasteiger partial charge in [-0.05, 0) is 82.8 Å². The van der Waals surface area contributed by atoms with Crippen molar-refractivity contribution < 1.29 is 14.6 Å². The number of aromatic nitrogens is 1. The molecule has 2 bridgehead atoms. The molecule has 174 valence electrons. The van der Waals surface area contributed by atoms with E-state index in [0.717, 1.165) is 44.9 Å². The van der Waals surface area contributed by atoms with E-state index in [0.29, 0.717) is 5.92 Å². The molecule has 2 aliphatic heterocycles. The van der Waals surface area contributed by atoms with E-state index >= 15 is 0 Å². The number of benzene rings is 1. The summed E-state index contributed by atoms with van der Waals surface area (Å²) in [4.78, 5) is 3.42. The van der Waals surface area contributed by atoms with Gasteiger partial charge in [0.1, 0.15) is 0 Å². The van der Waals surface area contributed by atoms with E-state index in [1.165, 1.54) is 16.5 Å². The predicted molar refractivity (Wildman–Crippen MR) is 126 cm³/mol. The summed E-state index contributed by atoms with van der Waals surface area (Å²) < 4.78 is 13.5. The summed E-state index contributed by atoms with van der Waals surface area (Å²) in [6.07, 6.45) is 9.46. The minimum Gasteiger partial charge on any atom is -0.389 e. The van der Waals surface area contributed by atoms with Crippen molar-refractivity contribution in [2.24, 2.45) is 22.7 Å². The number of H-pyrrole nitrogens is 1. The highest BCUT2D eigenvalue weighted by Gasteiger charge is 2.73. The second-order valence-corrected chi connectivity index (χ2v) is 12.5. The van der Waals surface area contributed by atoms with Gasteiger partial charge in [0.15, 0.2) is 5.79 Å². The van der Waals surface area contributed by atoms with Gasteiger partial charge in [-0.25, -0.2) is 0 Å². The summed E-state index contributed by atoms with van der Waals surface area (Å²) in [5.41, 5.74) is 1.36. The Morgan fingerprint density at radius 3 is 2.56 bits per heavy atom. The number of fused-ring (bicyclic) bond motifs is 4. The maximum absolute atomic E-state index is 12.2. The number of aromatic amines is 1. The van der Waals surface area contributed by atoms with E-state index in [2.05, 4.69) is 70.1 Å². The Hall–Kier alpha value is -1.36. The van der Waals surface area contributed by atoms with E-state index in [9.17, 15) is 5.11 Å². The SMILES string of the molecule is CC1(C)O[C@@]23CC[C@@]4(C)[C@@H](CC[C@@H](Cc5c[nH]c6ccccc56)[C@@]4(C)O)[C@]2(C)CC[C@@H]1O3. The number of hydrogen-bond donors (Lipinski definition) is 2. The van der Waals surface area contributed by atoms with Crippen molar-refractivity contribution in [3.05, 3.63) is 36.0 Å². The number of rotatable bonds is 2. The van der Waals surface area contributed by atoms with Crippen molar-refractivity contribution in [3.63, 3.8) is 0 Å². The molecule has 2 aliphatic carbocycles. The predicted octanol–water partition coefficient (Wildman–Crippen LogP) is 5.98. The molecule has 32 heavy (non-hydrogen) atoms. The minimum absolute atomic E-state index is 0.0555. The van der Waals surface area contributed by atoms with Crippen LogP contribution >= 0.6 is 0 Å². The summed E-state index contributed by atoms with van der Waals surface area (Å²) in [6, 6.07) is 8.52. The van der Waals surface area contributed by atoms with E-state index in [1.54, 1.807) is 0 Å². The Balaban J connectivity index is 1.34. The highest BCUT2D eigenvalue weighted by molar-refractivity contribution is 5.83. The van der Waals surface area contributed by atoms with Crippen LogP contribution in [0.2, 0.25) is 0 Å². The van der Waals surface area contributed by atoms with Crippen LogP contribution in [0.4, 0.5) is 0 Å². The fourth-order valence-electron chi connectivity index (χ4n) is 8.53. The van der Waals surface area contributed by atoms with Crippen molar-refractivity contribution >= 4 is 10.9 Å². The molecular weight excluding hydrogens is 398 g/mol. The molecule has 1 spiro atoms. The molecule has 7 atom stereocenters. The second kappa shape index (κ2) is 6.40. The highest BCUT2D eigenvalue weighted by atomic mass is 16.8. The molecule has 4 aliphatic rings. The Morgan fingerprint density at radius 1 is 0.969 bits per heavy atom. The molecule has 1 aromatic heterocycles. The largest absolute Gasteiger partial charge is 0.389 e. The van der Waals surface area contributed by atoms with E-state index in [1.807, 2.05) is 0 Å². The zero-order chi connectivity index (χ0) is 22.6. The molecule has 4 fully saturated rings. The van der Waals surface area contributed by atoms with Gasteiger partial charge >= 0.3 is 0 Å². The summed E-state index contributed by atoms with van der Waals surface area (Å²) in [7, 11) is 0. The molecule has 1 aromatic carbocycles. The third kappa shape index (κ3) is 2.50. The lowest BCUT2D eigenvalue weighted by Gasteiger charge is -2.67. The first kappa shape index (κ1) is 21.2. The van der Waals surface area contributed by atoms with Gasteiger partial charge in [-0.3, -0.25) is 0 Å². The lowest BCUT2D eigenvalue weighted by Crippen LogP contribution is -2.69. The monoisotopic (exact) mass is 437 g/mol. The van der Waals surface area contributed by atoms with Crippen LogP contribution in [0.1, 0.15) is 78.7 Å². The van der Waals surface area contributed by atoms with Gasteiger partial charge < -0.3 is 19.6 Å². The summed E-state index contributed by atoms with van der Waals surface area (Å²) in [5.74, 6) is 0.162. The van der Waals surface area contributed by atoms with Gasteiger partial charge in [0, 0.05) is 34.4 Å². The van der Waals surface area contributed by atoms with Crippen molar-refractivity contribution in [2.75, 3.05) is 0 Å². The lowest BCUT2D eigenvalue weighted by atomic mass is 9.42. The molecule has 6 rings (SSSR count). The first-order valence-electron chi connectivity index (χ1n) is 12.7. The molecule has 0 radical (unpaired) electrons. The van der Waals surface area contributed by atoms with Crippen molar-refractivity contribution in [1.82, 2.24) is 4.98 Å². The lowest BCUT2D eigenvalue weighted by molar-refractivity contribution is -0.343. The maximum Gasteiger partial charge on any atom is 0.175 e. The molecule has 0 unspecified atom stereocenters. The summed E-state index contributed by atoms with van der Waals surface area (Å²) in [6.45, 7) is 11.3. The number of nitrogens with one attached hydrogen (secondary N) is 1.